The summed E-state index contributed by atoms with van der Waals surface area (Å²) in [7, 11) is 0. The van der Waals surface area contributed by atoms with Gasteiger partial charge in [0.1, 0.15) is 18.0 Å². The zero-order valence-corrected chi connectivity index (χ0v) is 20.5. The first-order chi connectivity index (χ1) is 17.5. The van der Waals surface area contributed by atoms with Crippen LogP contribution in [0, 0.1) is 18.7 Å². The number of amides is 1. The van der Waals surface area contributed by atoms with Gasteiger partial charge in [0.15, 0.2) is 5.65 Å². The second-order valence-electron chi connectivity index (χ2n) is 9.08. The average molecular weight is 502 g/mol. The molecule has 1 N–H and O–H groups in total. The first kappa shape index (κ1) is 22.5. The molecule has 4 aromatic heterocycles. The van der Waals surface area contributed by atoms with Gasteiger partial charge in [-0.05, 0) is 60.4 Å². The fraction of sp³-hybridized carbons (Fsp3) is 0.269. The molecule has 10 heteroatoms. The number of aryl methyl sites for hydroxylation is 1. The van der Waals surface area contributed by atoms with E-state index in [9.17, 15) is 9.18 Å². The van der Waals surface area contributed by atoms with Gasteiger partial charge in [-0.3, -0.25) is 9.78 Å². The van der Waals surface area contributed by atoms with Crippen LogP contribution in [0.25, 0.3) is 26.8 Å². The van der Waals surface area contributed by atoms with Gasteiger partial charge >= 0.3 is 0 Å². The molecule has 1 aliphatic rings. The highest BCUT2D eigenvalue weighted by molar-refractivity contribution is 7.17. The summed E-state index contributed by atoms with van der Waals surface area (Å²) in [5, 5.41) is 11.5. The smallest absolute Gasteiger partial charge is 0.225 e. The SMILES string of the molecule is Cc1ccc(-n2cc3c(N4CCCC(C(=O)NCc5cc6ccsc6cn5)C4)ncnc3n2)cc1F. The van der Waals surface area contributed by atoms with Crippen molar-refractivity contribution in [3.63, 3.8) is 0 Å². The Kier molecular flexibility index (Phi) is 5.80. The number of pyridine rings is 1. The van der Waals surface area contributed by atoms with E-state index in [1.54, 1.807) is 29.0 Å². The molecular formula is C26H24FN7OS. The van der Waals surface area contributed by atoms with E-state index in [1.165, 1.54) is 12.4 Å². The van der Waals surface area contributed by atoms with Crippen LogP contribution in [0.1, 0.15) is 24.1 Å². The number of hydrogen-bond donors (Lipinski definition) is 1. The Labute approximate surface area is 210 Å². The molecular weight excluding hydrogens is 477 g/mol. The van der Waals surface area contributed by atoms with Gasteiger partial charge in [0.25, 0.3) is 0 Å². The minimum atomic E-state index is -0.284. The lowest BCUT2D eigenvalue weighted by Crippen LogP contribution is -2.43. The number of hydrogen-bond acceptors (Lipinski definition) is 7. The minimum Gasteiger partial charge on any atom is -0.355 e. The van der Waals surface area contributed by atoms with Crippen molar-refractivity contribution in [3.05, 3.63) is 71.5 Å². The topological polar surface area (TPSA) is 88.8 Å². The van der Waals surface area contributed by atoms with Crippen molar-refractivity contribution in [1.29, 1.82) is 0 Å². The Balaban J connectivity index is 1.19. The summed E-state index contributed by atoms with van der Waals surface area (Å²) in [4.78, 5) is 28.4. The Morgan fingerprint density at radius 3 is 3.03 bits per heavy atom. The normalized spacial score (nSPS) is 16.1. The lowest BCUT2D eigenvalue weighted by atomic mass is 9.97. The number of thiophene rings is 1. The maximum absolute atomic E-state index is 14.1. The van der Waals surface area contributed by atoms with Gasteiger partial charge in [0.2, 0.25) is 5.91 Å². The fourth-order valence-corrected chi connectivity index (χ4v) is 5.39. The Hall–Kier alpha value is -3.92. The molecule has 1 atom stereocenters. The highest BCUT2D eigenvalue weighted by Crippen LogP contribution is 2.28. The van der Waals surface area contributed by atoms with Crippen molar-refractivity contribution in [3.8, 4) is 5.69 Å². The standard InChI is InChI=1S/C26H24FN7OS/c1-16-4-5-20(10-22(16)27)34-14-21-24(32-34)30-15-31-25(21)33-7-2-3-18(13-33)26(35)29-11-19-9-17-6-8-36-23(17)12-28-19/h4-6,8-10,12,14-15,18H,2-3,7,11,13H2,1H3,(H,29,35). The Morgan fingerprint density at radius 1 is 1.22 bits per heavy atom. The largest absolute Gasteiger partial charge is 0.355 e. The molecule has 0 radical (unpaired) electrons. The number of nitrogens with one attached hydrogen (secondary N) is 1. The summed E-state index contributed by atoms with van der Waals surface area (Å²) >= 11 is 1.65. The minimum absolute atomic E-state index is 0.0167. The summed E-state index contributed by atoms with van der Waals surface area (Å²) in [5.41, 5.74) is 2.57. The van der Waals surface area contributed by atoms with Crippen LogP contribution in [-0.4, -0.2) is 43.7 Å². The number of carbonyl (C=O) groups excluding carboxylic acids is 1. The Bertz CT molecular complexity index is 1580. The number of rotatable bonds is 5. The van der Waals surface area contributed by atoms with Gasteiger partial charge in [-0.2, -0.15) is 0 Å². The third-order valence-corrected chi connectivity index (χ3v) is 7.52. The summed E-state index contributed by atoms with van der Waals surface area (Å²) < 4.78 is 16.9. The van der Waals surface area contributed by atoms with E-state index in [0.717, 1.165) is 46.4 Å². The number of aromatic nitrogens is 5. The molecule has 8 nitrogen and oxygen atoms in total. The van der Waals surface area contributed by atoms with E-state index in [4.69, 9.17) is 0 Å². The number of nitrogens with zero attached hydrogens (tertiary/aromatic N) is 6. The highest BCUT2D eigenvalue weighted by Gasteiger charge is 2.28. The molecule has 1 unspecified atom stereocenters. The molecule has 0 spiro atoms. The zero-order chi connectivity index (χ0) is 24.6. The van der Waals surface area contributed by atoms with Crippen molar-refractivity contribution in [2.45, 2.75) is 26.3 Å². The van der Waals surface area contributed by atoms with Crippen LogP contribution in [0.2, 0.25) is 0 Å². The van der Waals surface area contributed by atoms with Crippen LogP contribution < -0.4 is 10.2 Å². The lowest BCUT2D eigenvalue weighted by molar-refractivity contribution is -0.125. The number of fused-ring (bicyclic) bond motifs is 2. The highest BCUT2D eigenvalue weighted by atomic mass is 32.1. The molecule has 182 valence electrons. The molecule has 5 heterocycles. The molecule has 1 fully saturated rings. The van der Waals surface area contributed by atoms with Gasteiger partial charge in [0.05, 0.1) is 33.9 Å². The monoisotopic (exact) mass is 501 g/mol. The van der Waals surface area contributed by atoms with Crippen molar-refractivity contribution in [2.75, 3.05) is 18.0 Å². The van der Waals surface area contributed by atoms with E-state index >= 15 is 0 Å². The first-order valence-electron chi connectivity index (χ1n) is 11.9. The zero-order valence-electron chi connectivity index (χ0n) is 19.7. The Morgan fingerprint density at radius 2 is 2.14 bits per heavy atom. The quantitative estimate of drug-likeness (QED) is 0.384. The van der Waals surface area contributed by atoms with Crippen LogP contribution in [0.5, 0.6) is 0 Å². The van der Waals surface area contributed by atoms with Gasteiger partial charge in [0, 0.05) is 25.5 Å². The van der Waals surface area contributed by atoms with Crippen molar-refractivity contribution in [1.82, 2.24) is 30.0 Å². The van der Waals surface area contributed by atoms with Crippen molar-refractivity contribution in [2.24, 2.45) is 5.92 Å². The predicted molar refractivity (Wildman–Crippen MR) is 138 cm³/mol. The molecule has 1 amide bonds. The molecule has 6 rings (SSSR count). The number of benzene rings is 1. The van der Waals surface area contributed by atoms with E-state index in [0.29, 0.717) is 30.0 Å². The maximum Gasteiger partial charge on any atom is 0.225 e. The van der Waals surface area contributed by atoms with Crippen LogP contribution in [0.15, 0.2) is 54.4 Å². The van der Waals surface area contributed by atoms with Crippen molar-refractivity contribution < 1.29 is 9.18 Å². The second kappa shape index (κ2) is 9.27. The number of carbonyl (C=O) groups is 1. The number of anilines is 1. The third-order valence-electron chi connectivity index (χ3n) is 6.65. The van der Waals surface area contributed by atoms with Gasteiger partial charge in [-0.15, -0.1) is 16.4 Å². The summed E-state index contributed by atoms with van der Waals surface area (Å²) in [6.07, 6.45) is 6.86. The van der Waals surface area contributed by atoms with Gasteiger partial charge in [-0.1, -0.05) is 6.07 Å². The molecule has 5 aromatic rings. The molecule has 1 saturated heterocycles. The molecule has 36 heavy (non-hydrogen) atoms. The number of halogens is 1. The summed E-state index contributed by atoms with van der Waals surface area (Å²) in [6, 6.07) is 9.09. The van der Waals surface area contributed by atoms with Gasteiger partial charge < -0.3 is 10.2 Å². The molecule has 0 aliphatic carbocycles. The van der Waals surface area contributed by atoms with Crippen LogP contribution >= 0.6 is 11.3 Å². The molecule has 0 saturated carbocycles. The second-order valence-corrected chi connectivity index (χ2v) is 10.0. The van der Waals surface area contributed by atoms with E-state index in [2.05, 4.69) is 36.3 Å². The lowest BCUT2D eigenvalue weighted by Gasteiger charge is -2.33. The molecule has 0 bridgehead atoms. The summed E-state index contributed by atoms with van der Waals surface area (Å²) in [5.74, 6) is 0.313. The molecule has 1 aromatic carbocycles. The molecule has 1 aliphatic heterocycles. The average Bonchev–Trinajstić information content (AvgIpc) is 3.55. The van der Waals surface area contributed by atoms with Crippen LogP contribution in [0.3, 0.4) is 0 Å². The first-order valence-corrected chi connectivity index (χ1v) is 12.7. The predicted octanol–water partition coefficient (Wildman–Crippen LogP) is 4.41. The summed E-state index contributed by atoms with van der Waals surface area (Å²) in [6.45, 7) is 3.47. The van der Waals surface area contributed by atoms with Crippen molar-refractivity contribution >= 4 is 44.2 Å². The maximum atomic E-state index is 14.1. The fourth-order valence-electron chi connectivity index (χ4n) is 4.65. The third kappa shape index (κ3) is 4.28. The number of piperidine rings is 1. The van der Waals surface area contributed by atoms with Crippen LogP contribution in [0.4, 0.5) is 10.2 Å². The van der Waals surface area contributed by atoms with E-state index in [1.807, 2.05) is 29.9 Å². The van der Waals surface area contributed by atoms with Crippen LogP contribution in [-0.2, 0) is 11.3 Å². The van der Waals surface area contributed by atoms with E-state index in [-0.39, 0.29) is 17.6 Å². The van der Waals surface area contributed by atoms with Gasteiger partial charge in [-0.25, -0.2) is 19.0 Å². The van der Waals surface area contributed by atoms with E-state index < -0.39 is 0 Å².